The Morgan fingerprint density at radius 2 is 2.05 bits per heavy atom. The number of aryl methyl sites for hydroxylation is 1. The van der Waals surface area contributed by atoms with Crippen molar-refractivity contribution in [1.29, 1.82) is 5.26 Å². The summed E-state index contributed by atoms with van der Waals surface area (Å²) in [6.45, 7) is 2.52. The van der Waals surface area contributed by atoms with Crippen molar-refractivity contribution in [3.05, 3.63) is 45.8 Å². The number of sulfonamides is 1. The molecule has 2 aromatic rings. The quantitative estimate of drug-likeness (QED) is 0.780. The molecule has 0 bridgehead atoms. The van der Waals surface area contributed by atoms with E-state index in [0.717, 1.165) is 10.6 Å². The lowest BCUT2D eigenvalue weighted by molar-refractivity contribution is 0.585. The Bertz CT molecular complexity index is 810. The van der Waals surface area contributed by atoms with E-state index in [2.05, 4.69) is 10.0 Å². The average molecular weight is 356 g/mol. The van der Waals surface area contributed by atoms with E-state index in [1.807, 2.05) is 13.0 Å². The second kappa shape index (κ2) is 7.11. The third-order valence-corrected chi connectivity index (χ3v) is 6.08. The van der Waals surface area contributed by atoms with Crippen molar-refractivity contribution < 1.29 is 8.42 Å². The lowest BCUT2D eigenvalue weighted by atomic mass is 10.2. The van der Waals surface area contributed by atoms with Gasteiger partial charge in [-0.05, 0) is 37.3 Å². The van der Waals surface area contributed by atoms with Gasteiger partial charge in [0, 0.05) is 23.7 Å². The highest BCUT2D eigenvalue weighted by atomic mass is 35.5. The summed E-state index contributed by atoms with van der Waals surface area (Å²) in [5.41, 5.74) is 1.14. The summed E-state index contributed by atoms with van der Waals surface area (Å²) in [6.07, 6.45) is 0. The van der Waals surface area contributed by atoms with Crippen LogP contribution >= 0.6 is 22.9 Å². The lowest BCUT2D eigenvalue weighted by Gasteiger charge is -2.08. The Labute approximate surface area is 138 Å². The van der Waals surface area contributed by atoms with E-state index < -0.39 is 10.0 Å². The summed E-state index contributed by atoms with van der Waals surface area (Å²) in [5, 5.41) is 12.2. The van der Waals surface area contributed by atoms with Gasteiger partial charge >= 0.3 is 0 Å². The van der Waals surface area contributed by atoms with Crippen molar-refractivity contribution in [2.75, 3.05) is 18.4 Å². The SMILES string of the molecule is Cc1ccc(S(=O)(=O)NCCNc2ccc(C#N)c(Cl)c2)s1. The van der Waals surface area contributed by atoms with Gasteiger partial charge in [0.1, 0.15) is 10.3 Å². The molecule has 8 heteroatoms. The number of halogens is 1. The van der Waals surface area contributed by atoms with Crippen LogP contribution < -0.4 is 10.0 Å². The van der Waals surface area contributed by atoms with Crippen LogP contribution in [0.3, 0.4) is 0 Å². The van der Waals surface area contributed by atoms with E-state index in [9.17, 15) is 8.42 Å². The van der Waals surface area contributed by atoms with Crippen molar-refractivity contribution >= 4 is 38.6 Å². The molecule has 0 radical (unpaired) electrons. The van der Waals surface area contributed by atoms with Crippen LogP contribution in [0.4, 0.5) is 5.69 Å². The largest absolute Gasteiger partial charge is 0.384 e. The Morgan fingerprint density at radius 1 is 1.27 bits per heavy atom. The van der Waals surface area contributed by atoms with Gasteiger partial charge in [-0.2, -0.15) is 5.26 Å². The molecular weight excluding hydrogens is 342 g/mol. The Kier molecular flexibility index (Phi) is 5.42. The van der Waals surface area contributed by atoms with Gasteiger partial charge in [0.15, 0.2) is 0 Å². The van der Waals surface area contributed by atoms with Crippen molar-refractivity contribution in [3.8, 4) is 6.07 Å². The first-order valence-electron chi connectivity index (χ1n) is 6.42. The lowest BCUT2D eigenvalue weighted by Crippen LogP contribution is -2.28. The maximum atomic E-state index is 12.0. The van der Waals surface area contributed by atoms with E-state index in [1.165, 1.54) is 11.3 Å². The minimum Gasteiger partial charge on any atom is -0.384 e. The zero-order valence-electron chi connectivity index (χ0n) is 11.8. The predicted molar refractivity (Wildman–Crippen MR) is 88.9 cm³/mol. The van der Waals surface area contributed by atoms with Gasteiger partial charge in [-0.1, -0.05) is 11.6 Å². The molecule has 0 saturated heterocycles. The standard InChI is InChI=1S/C14H14ClN3O2S2/c1-10-2-5-14(21-10)22(19,20)18-7-6-17-12-4-3-11(9-16)13(15)8-12/h2-5,8,17-18H,6-7H2,1H3. The van der Waals surface area contributed by atoms with E-state index in [1.54, 1.807) is 30.3 Å². The van der Waals surface area contributed by atoms with Gasteiger partial charge in [0.25, 0.3) is 0 Å². The average Bonchev–Trinajstić information content (AvgIpc) is 2.91. The van der Waals surface area contributed by atoms with Gasteiger partial charge in [-0.15, -0.1) is 11.3 Å². The summed E-state index contributed by atoms with van der Waals surface area (Å²) in [6, 6.07) is 10.3. The molecule has 22 heavy (non-hydrogen) atoms. The Balaban J connectivity index is 1.87. The molecule has 0 amide bonds. The summed E-state index contributed by atoms with van der Waals surface area (Å²) in [5.74, 6) is 0. The van der Waals surface area contributed by atoms with Crippen LogP contribution in [0.25, 0.3) is 0 Å². The van der Waals surface area contributed by atoms with Gasteiger partial charge in [-0.3, -0.25) is 0 Å². The molecule has 0 aliphatic carbocycles. The molecule has 1 aromatic heterocycles. The highest BCUT2D eigenvalue weighted by Crippen LogP contribution is 2.21. The molecule has 2 N–H and O–H groups in total. The number of nitrogens with zero attached hydrogens (tertiary/aromatic N) is 1. The number of benzene rings is 1. The minimum absolute atomic E-state index is 0.247. The van der Waals surface area contributed by atoms with Crippen LogP contribution in [0.1, 0.15) is 10.4 Å². The van der Waals surface area contributed by atoms with Gasteiger partial charge in [-0.25, -0.2) is 13.1 Å². The third-order valence-electron chi connectivity index (χ3n) is 2.82. The molecule has 5 nitrogen and oxygen atoms in total. The molecule has 0 fully saturated rings. The number of anilines is 1. The summed E-state index contributed by atoms with van der Waals surface area (Å²) in [4.78, 5) is 0.950. The van der Waals surface area contributed by atoms with Crippen LogP contribution in [0.15, 0.2) is 34.5 Å². The minimum atomic E-state index is -3.45. The van der Waals surface area contributed by atoms with Gasteiger partial charge in [0.05, 0.1) is 10.6 Å². The van der Waals surface area contributed by atoms with Crippen molar-refractivity contribution in [2.45, 2.75) is 11.1 Å². The second-order valence-electron chi connectivity index (χ2n) is 4.50. The number of hydrogen-bond acceptors (Lipinski definition) is 5. The van der Waals surface area contributed by atoms with E-state index >= 15 is 0 Å². The number of hydrogen-bond donors (Lipinski definition) is 2. The zero-order chi connectivity index (χ0) is 16.2. The summed E-state index contributed by atoms with van der Waals surface area (Å²) >= 11 is 7.16. The normalized spacial score (nSPS) is 11.1. The van der Waals surface area contributed by atoms with Crippen LogP contribution in [0.2, 0.25) is 5.02 Å². The maximum absolute atomic E-state index is 12.0. The molecule has 0 aliphatic heterocycles. The first kappa shape index (κ1) is 16.8. The fourth-order valence-corrected chi connectivity index (χ4v) is 4.32. The van der Waals surface area contributed by atoms with Gasteiger partial charge in [0.2, 0.25) is 10.0 Å². The number of nitriles is 1. The van der Waals surface area contributed by atoms with Gasteiger partial charge < -0.3 is 5.32 Å². The molecule has 0 unspecified atom stereocenters. The summed E-state index contributed by atoms with van der Waals surface area (Å²) in [7, 11) is -3.45. The molecule has 0 atom stereocenters. The molecule has 0 aliphatic rings. The molecule has 1 aromatic carbocycles. The number of thiophene rings is 1. The van der Waals surface area contributed by atoms with Crippen LogP contribution in [0.5, 0.6) is 0 Å². The predicted octanol–water partition coefficient (Wildman–Crippen LogP) is 2.97. The molecule has 0 saturated carbocycles. The van der Waals surface area contributed by atoms with E-state index in [4.69, 9.17) is 16.9 Å². The number of nitrogens with one attached hydrogen (secondary N) is 2. The Morgan fingerprint density at radius 3 is 2.64 bits per heavy atom. The highest BCUT2D eigenvalue weighted by Gasteiger charge is 2.15. The fraction of sp³-hybridized carbons (Fsp3) is 0.214. The third kappa shape index (κ3) is 4.21. The Hall–Kier alpha value is -1.59. The van der Waals surface area contributed by atoms with Crippen LogP contribution in [-0.4, -0.2) is 21.5 Å². The van der Waals surface area contributed by atoms with Crippen molar-refractivity contribution in [2.24, 2.45) is 0 Å². The first-order chi connectivity index (χ1) is 10.4. The van der Waals surface area contributed by atoms with Crippen LogP contribution in [0, 0.1) is 18.3 Å². The van der Waals surface area contributed by atoms with E-state index in [-0.39, 0.29) is 6.54 Å². The zero-order valence-corrected chi connectivity index (χ0v) is 14.1. The second-order valence-corrected chi connectivity index (χ2v) is 8.18. The molecule has 1 heterocycles. The number of rotatable bonds is 6. The topological polar surface area (TPSA) is 82.0 Å². The van der Waals surface area contributed by atoms with Crippen LogP contribution in [-0.2, 0) is 10.0 Å². The first-order valence-corrected chi connectivity index (χ1v) is 9.10. The molecule has 2 rings (SSSR count). The van der Waals surface area contributed by atoms with Crippen molar-refractivity contribution in [1.82, 2.24) is 4.72 Å². The highest BCUT2D eigenvalue weighted by molar-refractivity contribution is 7.91. The molecule has 116 valence electrons. The van der Waals surface area contributed by atoms with Crippen molar-refractivity contribution in [3.63, 3.8) is 0 Å². The monoisotopic (exact) mass is 355 g/mol. The molecule has 0 spiro atoms. The maximum Gasteiger partial charge on any atom is 0.250 e. The summed E-state index contributed by atoms with van der Waals surface area (Å²) < 4.78 is 26.9. The fourth-order valence-electron chi connectivity index (χ4n) is 1.74. The van der Waals surface area contributed by atoms with E-state index in [0.29, 0.717) is 21.3 Å². The molecular formula is C14H14ClN3O2S2. The smallest absolute Gasteiger partial charge is 0.250 e.